The lowest BCUT2D eigenvalue weighted by Gasteiger charge is -2.07. The normalized spacial score (nSPS) is 10.8. The minimum absolute atomic E-state index is 0.255. The zero-order valence-corrected chi connectivity index (χ0v) is 15.8. The molecule has 0 atom stereocenters. The molecule has 4 aromatic rings. The first-order valence-corrected chi connectivity index (χ1v) is 9.49. The molecule has 2 aromatic heterocycles. The van der Waals surface area contributed by atoms with Crippen molar-refractivity contribution in [2.45, 2.75) is 13.5 Å². The molecule has 4 rings (SSSR count). The second kappa shape index (κ2) is 7.74. The number of halogens is 1. The molecule has 1 amide bonds. The van der Waals surface area contributed by atoms with E-state index in [9.17, 15) is 9.18 Å². The number of aryl methyl sites for hydroxylation is 1. The third-order valence-electron chi connectivity index (χ3n) is 4.11. The van der Waals surface area contributed by atoms with E-state index >= 15 is 0 Å². The Morgan fingerprint density at radius 3 is 2.64 bits per heavy atom. The van der Waals surface area contributed by atoms with Crippen LogP contribution in [0.25, 0.3) is 22.8 Å². The molecule has 1 N–H and O–H groups in total. The van der Waals surface area contributed by atoms with Crippen molar-refractivity contribution in [3.63, 3.8) is 0 Å². The van der Waals surface area contributed by atoms with E-state index in [4.69, 9.17) is 4.42 Å². The van der Waals surface area contributed by atoms with Gasteiger partial charge < -0.3 is 9.73 Å². The van der Waals surface area contributed by atoms with Crippen molar-refractivity contribution in [1.82, 2.24) is 15.3 Å². The molecule has 2 aromatic carbocycles. The highest BCUT2D eigenvalue weighted by Gasteiger charge is 2.18. The van der Waals surface area contributed by atoms with Gasteiger partial charge in [-0.2, -0.15) is 0 Å². The molecule has 140 valence electrons. The molecule has 0 spiro atoms. The minimum atomic E-state index is -0.394. The fourth-order valence-corrected chi connectivity index (χ4v) is 3.50. The first-order chi connectivity index (χ1) is 13.6. The van der Waals surface area contributed by atoms with Gasteiger partial charge in [-0.05, 0) is 31.2 Å². The predicted molar refractivity (Wildman–Crippen MR) is 105 cm³/mol. The number of hydrogen-bond donors (Lipinski definition) is 1. The number of aromatic nitrogens is 2. The molecule has 0 aliphatic heterocycles. The summed E-state index contributed by atoms with van der Waals surface area (Å²) in [4.78, 5) is 21.3. The van der Waals surface area contributed by atoms with Crippen LogP contribution in [0.5, 0.6) is 0 Å². The predicted octanol–water partition coefficient (Wildman–Crippen LogP) is 4.84. The molecular weight excluding hydrogens is 377 g/mol. The van der Waals surface area contributed by atoms with Crippen LogP contribution in [0.1, 0.15) is 21.1 Å². The van der Waals surface area contributed by atoms with Gasteiger partial charge in [0.05, 0.1) is 23.9 Å². The summed E-state index contributed by atoms with van der Waals surface area (Å²) in [6.07, 6.45) is 1.46. The molecule has 0 radical (unpaired) electrons. The monoisotopic (exact) mass is 393 g/mol. The molecule has 0 aliphatic carbocycles. The van der Waals surface area contributed by atoms with Gasteiger partial charge in [0.25, 0.3) is 5.91 Å². The Hall–Kier alpha value is -3.32. The lowest BCUT2D eigenvalue weighted by atomic mass is 10.1. The maximum absolute atomic E-state index is 14.0. The number of nitrogens with one attached hydrogen (secondary N) is 1. The summed E-state index contributed by atoms with van der Waals surface area (Å²) in [5.74, 6) is -0.0836. The molecule has 5 nitrogen and oxygen atoms in total. The Morgan fingerprint density at radius 1 is 1.14 bits per heavy atom. The van der Waals surface area contributed by atoms with Gasteiger partial charge in [-0.3, -0.25) is 4.79 Å². The molecule has 0 saturated carbocycles. The van der Waals surface area contributed by atoms with Crippen LogP contribution in [0.4, 0.5) is 4.39 Å². The number of thiazole rings is 1. The molecule has 28 heavy (non-hydrogen) atoms. The molecular formula is C21H16FN3O2S. The number of nitrogens with zero attached hydrogens (tertiary/aromatic N) is 2. The van der Waals surface area contributed by atoms with E-state index < -0.39 is 5.82 Å². The van der Waals surface area contributed by atoms with Crippen LogP contribution < -0.4 is 5.32 Å². The Kier molecular flexibility index (Phi) is 4.99. The van der Waals surface area contributed by atoms with Crippen molar-refractivity contribution in [2.24, 2.45) is 0 Å². The number of carbonyl (C=O) groups excluding carboxylic acids is 1. The van der Waals surface area contributed by atoms with Crippen LogP contribution >= 0.6 is 11.3 Å². The van der Waals surface area contributed by atoms with Gasteiger partial charge in [0.2, 0.25) is 5.89 Å². The quantitative estimate of drug-likeness (QED) is 0.527. The van der Waals surface area contributed by atoms with Crippen molar-refractivity contribution in [2.75, 3.05) is 0 Å². The van der Waals surface area contributed by atoms with Crippen LogP contribution in [0, 0.1) is 12.7 Å². The Morgan fingerprint density at radius 2 is 1.89 bits per heavy atom. The van der Waals surface area contributed by atoms with Crippen LogP contribution in [0.15, 0.2) is 64.5 Å². The van der Waals surface area contributed by atoms with Crippen LogP contribution in [0.2, 0.25) is 0 Å². The van der Waals surface area contributed by atoms with Crippen molar-refractivity contribution in [3.05, 3.63) is 82.2 Å². The van der Waals surface area contributed by atoms with Crippen LogP contribution in [-0.2, 0) is 6.54 Å². The number of amides is 1. The number of oxazole rings is 1. The maximum Gasteiger partial charge on any atom is 0.252 e. The lowest BCUT2D eigenvalue weighted by molar-refractivity contribution is 0.0951. The minimum Gasteiger partial charge on any atom is -0.436 e. The van der Waals surface area contributed by atoms with Crippen molar-refractivity contribution >= 4 is 17.2 Å². The Bertz CT molecular complexity index is 1140. The first-order valence-electron chi connectivity index (χ1n) is 8.61. The summed E-state index contributed by atoms with van der Waals surface area (Å²) in [7, 11) is 0. The first kappa shape index (κ1) is 18.1. The number of benzene rings is 2. The van der Waals surface area contributed by atoms with Gasteiger partial charge in [-0.25, -0.2) is 14.4 Å². The number of carbonyl (C=O) groups is 1. The van der Waals surface area contributed by atoms with Crippen LogP contribution in [-0.4, -0.2) is 15.9 Å². The fraction of sp³-hybridized carbons (Fsp3) is 0.0952. The van der Waals surface area contributed by atoms with Gasteiger partial charge in [0.15, 0.2) is 5.76 Å². The highest BCUT2D eigenvalue weighted by atomic mass is 32.1. The molecule has 0 bridgehead atoms. The Balaban J connectivity index is 1.59. The summed E-state index contributed by atoms with van der Waals surface area (Å²) in [5, 5.41) is 5.64. The lowest BCUT2D eigenvalue weighted by Crippen LogP contribution is -2.23. The summed E-state index contributed by atoms with van der Waals surface area (Å²) in [6.45, 7) is 2.25. The van der Waals surface area contributed by atoms with Gasteiger partial charge in [0, 0.05) is 16.6 Å². The third-order valence-corrected chi connectivity index (χ3v) is 5.08. The molecule has 0 fully saturated rings. The van der Waals surface area contributed by atoms with Crippen molar-refractivity contribution in [3.8, 4) is 22.8 Å². The molecule has 7 heteroatoms. The second-order valence-corrected chi connectivity index (χ2v) is 7.06. The SMILES string of the molecule is Cc1csc(CNC(=O)c2ccccc2-c2ncc(-c3ccccc3F)o2)n1. The summed E-state index contributed by atoms with van der Waals surface area (Å²) in [5.41, 5.74) is 2.22. The van der Waals surface area contributed by atoms with E-state index in [1.807, 2.05) is 12.3 Å². The van der Waals surface area contributed by atoms with E-state index in [1.165, 1.54) is 23.6 Å². The number of hydrogen-bond acceptors (Lipinski definition) is 5. The summed E-state index contributed by atoms with van der Waals surface area (Å²) >= 11 is 1.50. The average Bonchev–Trinajstić information content (AvgIpc) is 3.36. The van der Waals surface area contributed by atoms with E-state index in [0.717, 1.165) is 10.7 Å². The topological polar surface area (TPSA) is 68.0 Å². The van der Waals surface area contributed by atoms with Crippen molar-refractivity contribution < 1.29 is 13.6 Å². The third kappa shape index (κ3) is 3.70. The second-order valence-electron chi connectivity index (χ2n) is 6.12. The van der Waals surface area contributed by atoms with Gasteiger partial charge >= 0.3 is 0 Å². The average molecular weight is 393 g/mol. The molecule has 2 heterocycles. The Labute approximate surface area is 164 Å². The van der Waals surface area contributed by atoms with Gasteiger partial charge in [0.1, 0.15) is 10.8 Å². The van der Waals surface area contributed by atoms with Gasteiger partial charge in [-0.1, -0.05) is 24.3 Å². The zero-order valence-electron chi connectivity index (χ0n) is 15.0. The van der Waals surface area contributed by atoms with E-state index in [1.54, 1.807) is 42.5 Å². The van der Waals surface area contributed by atoms with Crippen LogP contribution in [0.3, 0.4) is 0 Å². The standard InChI is InChI=1S/C21H16FN3O2S/c1-13-12-28-19(25-13)11-23-20(26)14-6-2-3-7-15(14)21-24-10-18(27-21)16-8-4-5-9-17(16)22/h2-10,12H,11H2,1H3,(H,23,26). The highest BCUT2D eigenvalue weighted by molar-refractivity contribution is 7.09. The number of rotatable bonds is 5. The smallest absolute Gasteiger partial charge is 0.252 e. The highest BCUT2D eigenvalue weighted by Crippen LogP contribution is 2.29. The largest absolute Gasteiger partial charge is 0.436 e. The van der Waals surface area contributed by atoms with E-state index in [0.29, 0.717) is 29.0 Å². The van der Waals surface area contributed by atoms with Crippen molar-refractivity contribution in [1.29, 1.82) is 0 Å². The maximum atomic E-state index is 14.0. The van der Waals surface area contributed by atoms with Gasteiger partial charge in [-0.15, -0.1) is 11.3 Å². The van der Waals surface area contributed by atoms with E-state index in [-0.39, 0.29) is 11.8 Å². The molecule has 0 unspecified atom stereocenters. The molecule has 0 saturated heterocycles. The fourth-order valence-electron chi connectivity index (χ4n) is 2.79. The summed E-state index contributed by atoms with van der Waals surface area (Å²) < 4.78 is 19.8. The zero-order chi connectivity index (χ0) is 19.5. The van der Waals surface area contributed by atoms with E-state index in [2.05, 4.69) is 15.3 Å². The summed E-state index contributed by atoms with van der Waals surface area (Å²) in [6, 6.07) is 13.3. The molecule has 0 aliphatic rings.